The lowest BCUT2D eigenvalue weighted by Gasteiger charge is -2.26. The molecule has 0 saturated carbocycles. The second-order valence-electron chi connectivity index (χ2n) is 10.00. The smallest absolute Gasteiger partial charge is 0.326 e. The molecule has 5 unspecified atom stereocenters. The molecule has 12 heteroatoms. The molecular formula is C29H39N5O7. The Morgan fingerprint density at radius 3 is 1.76 bits per heavy atom. The summed E-state index contributed by atoms with van der Waals surface area (Å²) >= 11 is 0. The number of aliphatic carboxylic acids is 1. The molecule has 12 nitrogen and oxygen atoms in total. The number of nitrogens with one attached hydrogen (secondary N) is 3. The lowest BCUT2D eigenvalue weighted by molar-refractivity contribution is -0.142. The molecule has 0 bridgehead atoms. The number of primary amides is 1. The van der Waals surface area contributed by atoms with E-state index in [0.717, 1.165) is 5.56 Å². The molecule has 5 atom stereocenters. The first kappa shape index (κ1) is 32.8. The fraction of sp³-hybridized carbons (Fsp3) is 0.414. The second kappa shape index (κ2) is 16.0. The van der Waals surface area contributed by atoms with E-state index in [0.29, 0.717) is 12.0 Å². The summed E-state index contributed by atoms with van der Waals surface area (Å²) in [4.78, 5) is 62.7. The summed E-state index contributed by atoms with van der Waals surface area (Å²) in [6.45, 7) is 3.72. The Morgan fingerprint density at radius 1 is 0.780 bits per heavy atom. The maximum absolute atomic E-state index is 13.6. The summed E-state index contributed by atoms with van der Waals surface area (Å²) in [5.74, 6) is -4.26. The Bertz CT molecular complexity index is 1190. The monoisotopic (exact) mass is 569 g/mol. The molecule has 41 heavy (non-hydrogen) atoms. The van der Waals surface area contributed by atoms with Crippen LogP contribution in [0.15, 0.2) is 54.6 Å². The average Bonchev–Trinajstić information content (AvgIpc) is 2.94. The van der Waals surface area contributed by atoms with Gasteiger partial charge < -0.3 is 37.6 Å². The van der Waals surface area contributed by atoms with Crippen molar-refractivity contribution in [3.05, 3.63) is 65.7 Å². The van der Waals surface area contributed by atoms with E-state index in [4.69, 9.17) is 11.5 Å². The van der Waals surface area contributed by atoms with Crippen molar-refractivity contribution in [3.63, 3.8) is 0 Å². The van der Waals surface area contributed by atoms with Crippen molar-refractivity contribution in [1.82, 2.24) is 16.0 Å². The minimum Gasteiger partial charge on any atom is -0.508 e. The zero-order chi connectivity index (χ0) is 30.5. The van der Waals surface area contributed by atoms with Crippen molar-refractivity contribution in [2.24, 2.45) is 17.4 Å². The number of carbonyl (C=O) groups excluding carboxylic acids is 4. The molecule has 0 spiro atoms. The summed E-state index contributed by atoms with van der Waals surface area (Å²) < 4.78 is 0. The molecule has 0 radical (unpaired) electrons. The van der Waals surface area contributed by atoms with Crippen molar-refractivity contribution in [3.8, 4) is 5.75 Å². The average molecular weight is 570 g/mol. The molecule has 2 rings (SSSR count). The van der Waals surface area contributed by atoms with Crippen LogP contribution >= 0.6 is 0 Å². The lowest BCUT2D eigenvalue weighted by atomic mass is 9.98. The van der Waals surface area contributed by atoms with Crippen LogP contribution in [0.1, 0.15) is 44.2 Å². The maximum atomic E-state index is 13.6. The van der Waals surface area contributed by atoms with Gasteiger partial charge in [0.15, 0.2) is 0 Å². The van der Waals surface area contributed by atoms with Crippen molar-refractivity contribution in [1.29, 1.82) is 0 Å². The minimum absolute atomic E-state index is 0.000496. The van der Waals surface area contributed by atoms with Gasteiger partial charge in [0, 0.05) is 19.3 Å². The van der Waals surface area contributed by atoms with Gasteiger partial charge in [-0.05, 0) is 35.6 Å². The number of phenolic OH excluding ortho intramolecular Hbond substituents is 1. The molecule has 2 aromatic rings. The van der Waals surface area contributed by atoms with Gasteiger partial charge in [0.2, 0.25) is 23.6 Å². The van der Waals surface area contributed by atoms with Gasteiger partial charge in [-0.2, -0.15) is 0 Å². The van der Waals surface area contributed by atoms with Crippen LogP contribution in [0.25, 0.3) is 0 Å². The number of rotatable bonds is 16. The number of carboxylic acids is 1. The van der Waals surface area contributed by atoms with E-state index >= 15 is 0 Å². The highest BCUT2D eigenvalue weighted by Gasteiger charge is 2.31. The first-order chi connectivity index (χ1) is 19.4. The number of hydrogen-bond acceptors (Lipinski definition) is 7. The Kier molecular flexibility index (Phi) is 12.8. The molecule has 0 aromatic heterocycles. The SMILES string of the molecule is CCC(C)C(N)C(=O)NC(Cc1ccccc1)C(=O)NC(Cc1ccc(O)cc1)C(=O)NC(CCC(N)=O)C(=O)O. The molecule has 2 aromatic carbocycles. The fourth-order valence-electron chi connectivity index (χ4n) is 4.00. The van der Waals surface area contributed by atoms with Crippen LogP contribution in [0.3, 0.4) is 0 Å². The van der Waals surface area contributed by atoms with Crippen molar-refractivity contribution in [2.75, 3.05) is 0 Å². The number of carbonyl (C=O) groups is 5. The Labute approximate surface area is 238 Å². The van der Waals surface area contributed by atoms with E-state index in [1.807, 2.05) is 19.9 Å². The van der Waals surface area contributed by atoms with Gasteiger partial charge in [-0.1, -0.05) is 62.7 Å². The van der Waals surface area contributed by atoms with Crippen LogP contribution in [0, 0.1) is 5.92 Å². The predicted octanol–water partition coefficient (Wildman–Crippen LogP) is 0.355. The molecular weight excluding hydrogens is 530 g/mol. The van der Waals surface area contributed by atoms with E-state index in [9.17, 15) is 34.2 Å². The van der Waals surface area contributed by atoms with E-state index < -0.39 is 53.8 Å². The molecule has 9 N–H and O–H groups in total. The molecule has 0 aliphatic heterocycles. The predicted molar refractivity (Wildman–Crippen MR) is 151 cm³/mol. The number of nitrogens with two attached hydrogens (primary N) is 2. The first-order valence-electron chi connectivity index (χ1n) is 13.4. The second-order valence-corrected chi connectivity index (χ2v) is 10.00. The highest BCUT2D eigenvalue weighted by atomic mass is 16.4. The van der Waals surface area contributed by atoms with Gasteiger partial charge >= 0.3 is 5.97 Å². The van der Waals surface area contributed by atoms with Gasteiger partial charge in [-0.25, -0.2) is 4.79 Å². The summed E-state index contributed by atoms with van der Waals surface area (Å²) in [5, 5.41) is 26.9. The molecule has 222 valence electrons. The largest absolute Gasteiger partial charge is 0.508 e. The maximum Gasteiger partial charge on any atom is 0.326 e. The summed E-state index contributed by atoms with van der Waals surface area (Å²) in [5.41, 5.74) is 12.5. The number of benzene rings is 2. The highest BCUT2D eigenvalue weighted by molar-refractivity contribution is 5.94. The van der Waals surface area contributed by atoms with Crippen LogP contribution in [-0.4, -0.2) is 64.0 Å². The normalized spacial score (nSPS) is 14.5. The lowest BCUT2D eigenvalue weighted by Crippen LogP contribution is -2.58. The highest BCUT2D eigenvalue weighted by Crippen LogP contribution is 2.13. The van der Waals surface area contributed by atoms with Crippen LogP contribution in [0.2, 0.25) is 0 Å². The summed E-state index contributed by atoms with van der Waals surface area (Å²) in [6.07, 6.45) is 0.192. The van der Waals surface area contributed by atoms with E-state index in [1.54, 1.807) is 36.4 Å². The minimum atomic E-state index is -1.43. The van der Waals surface area contributed by atoms with E-state index in [1.165, 1.54) is 12.1 Å². The summed E-state index contributed by atoms with van der Waals surface area (Å²) in [7, 11) is 0. The Morgan fingerprint density at radius 2 is 1.27 bits per heavy atom. The van der Waals surface area contributed by atoms with Gasteiger partial charge in [0.25, 0.3) is 0 Å². The van der Waals surface area contributed by atoms with Gasteiger partial charge in [0.05, 0.1) is 6.04 Å². The number of phenols is 1. The van der Waals surface area contributed by atoms with Crippen LogP contribution in [0.4, 0.5) is 0 Å². The number of hydrogen-bond donors (Lipinski definition) is 7. The Balaban J connectivity index is 2.33. The zero-order valence-corrected chi connectivity index (χ0v) is 23.2. The van der Waals surface area contributed by atoms with Crippen molar-refractivity contribution < 1.29 is 34.2 Å². The van der Waals surface area contributed by atoms with E-state index in [2.05, 4.69) is 16.0 Å². The van der Waals surface area contributed by atoms with Gasteiger partial charge in [-0.3, -0.25) is 19.2 Å². The number of amides is 4. The van der Waals surface area contributed by atoms with Gasteiger partial charge in [-0.15, -0.1) is 0 Å². The van der Waals surface area contributed by atoms with Crippen LogP contribution in [-0.2, 0) is 36.8 Å². The van der Waals surface area contributed by atoms with Crippen LogP contribution < -0.4 is 27.4 Å². The quantitative estimate of drug-likeness (QED) is 0.149. The molecule has 0 aliphatic carbocycles. The first-order valence-corrected chi connectivity index (χ1v) is 13.4. The van der Waals surface area contributed by atoms with Crippen molar-refractivity contribution in [2.45, 2.75) is 70.1 Å². The van der Waals surface area contributed by atoms with Crippen LogP contribution in [0.5, 0.6) is 5.75 Å². The van der Waals surface area contributed by atoms with E-state index in [-0.39, 0.29) is 37.4 Å². The standard InChI is InChI=1S/C29H39N5O7/c1-3-17(2)25(31)28(39)34-23(15-18-7-5-4-6-8-18)27(38)33-22(16-19-9-11-20(35)12-10-19)26(37)32-21(29(40)41)13-14-24(30)36/h4-12,17,21-23,25,35H,3,13-16,31H2,1-2H3,(H2,30,36)(H,32,37)(H,33,38)(H,34,39)(H,40,41). The third-order valence-electron chi connectivity index (χ3n) is 6.78. The number of carboxylic acid groups (broad SMARTS) is 1. The molecule has 0 aliphatic rings. The third kappa shape index (κ3) is 10.9. The fourth-order valence-corrected chi connectivity index (χ4v) is 4.00. The van der Waals surface area contributed by atoms with Crippen molar-refractivity contribution >= 4 is 29.6 Å². The van der Waals surface area contributed by atoms with Gasteiger partial charge in [0.1, 0.15) is 23.9 Å². The topological polar surface area (TPSA) is 214 Å². The molecule has 4 amide bonds. The Hall–Kier alpha value is -4.45. The zero-order valence-electron chi connectivity index (χ0n) is 23.2. The number of aromatic hydroxyl groups is 1. The molecule has 0 saturated heterocycles. The molecule has 0 fully saturated rings. The summed E-state index contributed by atoms with van der Waals surface area (Å²) in [6, 6.07) is 10.2. The molecule has 0 heterocycles. The third-order valence-corrected chi connectivity index (χ3v) is 6.78.